The van der Waals surface area contributed by atoms with Crippen LogP contribution in [0.1, 0.15) is 18.9 Å². The molecule has 0 saturated heterocycles. The standard InChI is InChI=1S/C13H19F2NS/c1-10(16-7-4-8-17-2)9-11-12(14)5-3-6-13(11)15/h3,5-6,10,16H,4,7-9H2,1-2H3. The lowest BCUT2D eigenvalue weighted by atomic mass is 10.1. The third-order valence-electron chi connectivity index (χ3n) is 2.59. The first-order valence-electron chi connectivity index (χ1n) is 5.80. The van der Waals surface area contributed by atoms with Crippen molar-refractivity contribution < 1.29 is 8.78 Å². The van der Waals surface area contributed by atoms with Crippen LogP contribution >= 0.6 is 11.8 Å². The molecule has 0 aliphatic carbocycles. The minimum absolute atomic E-state index is 0.0863. The second-order valence-corrected chi connectivity index (χ2v) is 5.09. The Labute approximate surface area is 106 Å². The van der Waals surface area contributed by atoms with Gasteiger partial charge in [0.1, 0.15) is 11.6 Å². The molecule has 1 aromatic carbocycles. The summed E-state index contributed by atoms with van der Waals surface area (Å²) in [6, 6.07) is 4.09. The predicted octanol–water partition coefficient (Wildman–Crippen LogP) is 3.24. The summed E-state index contributed by atoms with van der Waals surface area (Å²) in [7, 11) is 0. The summed E-state index contributed by atoms with van der Waals surface area (Å²) < 4.78 is 26.8. The van der Waals surface area contributed by atoms with Crippen LogP contribution in [0.15, 0.2) is 18.2 Å². The second-order valence-electron chi connectivity index (χ2n) is 4.11. The Bertz CT molecular complexity index is 324. The van der Waals surface area contributed by atoms with Gasteiger partial charge in [-0.25, -0.2) is 8.78 Å². The number of hydrogen-bond acceptors (Lipinski definition) is 2. The van der Waals surface area contributed by atoms with E-state index in [0.29, 0.717) is 6.42 Å². The largest absolute Gasteiger partial charge is 0.314 e. The summed E-state index contributed by atoms with van der Waals surface area (Å²) in [6.45, 7) is 2.84. The Kier molecular flexibility index (Phi) is 6.52. The Balaban J connectivity index is 2.42. The molecule has 0 fully saturated rings. The second kappa shape index (κ2) is 7.67. The molecular weight excluding hydrogens is 240 g/mol. The van der Waals surface area contributed by atoms with Gasteiger partial charge in [-0.3, -0.25) is 0 Å². The lowest BCUT2D eigenvalue weighted by Crippen LogP contribution is -2.29. The molecule has 0 bridgehead atoms. The summed E-state index contributed by atoms with van der Waals surface area (Å²) in [5, 5.41) is 3.27. The average Bonchev–Trinajstić information content (AvgIpc) is 2.30. The fraction of sp³-hybridized carbons (Fsp3) is 0.538. The van der Waals surface area contributed by atoms with Gasteiger partial charge < -0.3 is 5.32 Å². The minimum Gasteiger partial charge on any atom is -0.314 e. The lowest BCUT2D eigenvalue weighted by molar-refractivity contribution is 0.500. The van der Waals surface area contributed by atoms with E-state index in [1.165, 1.54) is 18.2 Å². The van der Waals surface area contributed by atoms with Crippen molar-refractivity contribution in [2.45, 2.75) is 25.8 Å². The fourth-order valence-electron chi connectivity index (χ4n) is 1.67. The van der Waals surface area contributed by atoms with E-state index in [2.05, 4.69) is 11.6 Å². The van der Waals surface area contributed by atoms with E-state index in [9.17, 15) is 8.78 Å². The smallest absolute Gasteiger partial charge is 0.129 e. The van der Waals surface area contributed by atoms with Gasteiger partial charge in [-0.05, 0) is 50.5 Å². The number of thioether (sulfide) groups is 1. The van der Waals surface area contributed by atoms with Crippen LogP contribution in [0.4, 0.5) is 8.78 Å². The summed E-state index contributed by atoms with van der Waals surface area (Å²) in [5.74, 6) is 0.193. The first-order chi connectivity index (χ1) is 8.15. The zero-order valence-electron chi connectivity index (χ0n) is 10.3. The first-order valence-corrected chi connectivity index (χ1v) is 7.19. The van der Waals surface area contributed by atoms with Gasteiger partial charge in [-0.1, -0.05) is 6.07 Å². The van der Waals surface area contributed by atoms with E-state index in [4.69, 9.17) is 0 Å². The lowest BCUT2D eigenvalue weighted by Gasteiger charge is -2.14. The number of halogens is 2. The molecular formula is C13H19F2NS. The normalized spacial score (nSPS) is 12.7. The van der Waals surface area contributed by atoms with E-state index in [1.54, 1.807) is 11.8 Å². The molecule has 1 atom stereocenters. The van der Waals surface area contributed by atoms with Gasteiger partial charge in [-0.15, -0.1) is 0 Å². The van der Waals surface area contributed by atoms with Crippen LogP contribution in [0.5, 0.6) is 0 Å². The zero-order chi connectivity index (χ0) is 12.7. The van der Waals surface area contributed by atoms with E-state index in [-0.39, 0.29) is 11.6 Å². The SMILES string of the molecule is CSCCCNC(C)Cc1c(F)cccc1F. The van der Waals surface area contributed by atoms with Crippen LogP contribution < -0.4 is 5.32 Å². The van der Waals surface area contributed by atoms with Crippen molar-refractivity contribution in [2.24, 2.45) is 0 Å². The van der Waals surface area contributed by atoms with E-state index < -0.39 is 11.6 Å². The molecule has 0 spiro atoms. The van der Waals surface area contributed by atoms with E-state index in [0.717, 1.165) is 18.7 Å². The van der Waals surface area contributed by atoms with Crippen LogP contribution in [0.2, 0.25) is 0 Å². The maximum atomic E-state index is 13.4. The van der Waals surface area contributed by atoms with Gasteiger partial charge in [0.25, 0.3) is 0 Å². The van der Waals surface area contributed by atoms with Gasteiger partial charge >= 0.3 is 0 Å². The van der Waals surface area contributed by atoms with Gasteiger partial charge in [0.05, 0.1) is 0 Å². The van der Waals surface area contributed by atoms with E-state index >= 15 is 0 Å². The quantitative estimate of drug-likeness (QED) is 0.754. The number of nitrogens with one attached hydrogen (secondary N) is 1. The van der Waals surface area contributed by atoms with Crippen molar-refractivity contribution in [3.8, 4) is 0 Å². The summed E-state index contributed by atoms with van der Waals surface area (Å²) in [5.41, 5.74) is 0.178. The zero-order valence-corrected chi connectivity index (χ0v) is 11.1. The van der Waals surface area contributed by atoms with Crippen molar-refractivity contribution in [3.05, 3.63) is 35.4 Å². The Morgan fingerprint density at radius 2 is 1.94 bits per heavy atom. The number of benzene rings is 1. The van der Waals surface area contributed by atoms with Crippen molar-refractivity contribution >= 4 is 11.8 Å². The highest BCUT2D eigenvalue weighted by Gasteiger charge is 2.11. The van der Waals surface area contributed by atoms with Gasteiger partial charge in [0.2, 0.25) is 0 Å². The summed E-state index contributed by atoms with van der Waals surface area (Å²) >= 11 is 1.80. The molecule has 0 aliphatic heterocycles. The molecule has 1 nitrogen and oxygen atoms in total. The van der Waals surface area contributed by atoms with Crippen molar-refractivity contribution in [1.29, 1.82) is 0 Å². The highest BCUT2D eigenvalue weighted by molar-refractivity contribution is 7.98. The molecule has 1 unspecified atom stereocenters. The molecule has 1 aromatic rings. The van der Waals surface area contributed by atoms with Crippen molar-refractivity contribution in [2.75, 3.05) is 18.6 Å². The van der Waals surface area contributed by atoms with Gasteiger partial charge in [-0.2, -0.15) is 11.8 Å². The molecule has 1 N–H and O–H groups in total. The molecule has 4 heteroatoms. The van der Waals surface area contributed by atoms with Gasteiger partial charge in [0, 0.05) is 11.6 Å². The third-order valence-corrected chi connectivity index (χ3v) is 3.29. The number of rotatable bonds is 7. The van der Waals surface area contributed by atoms with Crippen molar-refractivity contribution in [1.82, 2.24) is 5.32 Å². The Morgan fingerprint density at radius 3 is 2.53 bits per heavy atom. The summed E-state index contributed by atoms with van der Waals surface area (Å²) in [4.78, 5) is 0. The average molecular weight is 259 g/mol. The van der Waals surface area contributed by atoms with Crippen LogP contribution in [0, 0.1) is 11.6 Å². The summed E-state index contributed by atoms with van der Waals surface area (Å²) in [6.07, 6.45) is 3.53. The number of hydrogen-bond donors (Lipinski definition) is 1. The molecule has 0 radical (unpaired) electrons. The molecule has 0 amide bonds. The molecule has 0 saturated carbocycles. The van der Waals surface area contributed by atoms with Crippen LogP contribution in [0.3, 0.4) is 0 Å². The molecule has 1 rings (SSSR count). The predicted molar refractivity (Wildman–Crippen MR) is 70.5 cm³/mol. The van der Waals surface area contributed by atoms with Crippen molar-refractivity contribution in [3.63, 3.8) is 0 Å². The Morgan fingerprint density at radius 1 is 1.29 bits per heavy atom. The molecule has 0 aromatic heterocycles. The highest BCUT2D eigenvalue weighted by Crippen LogP contribution is 2.14. The maximum Gasteiger partial charge on any atom is 0.129 e. The van der Waals surface area contributed by atoms with Crippen LogP contribution in [-0.2, 0) is 6.42 Å². The molecule has 17 heavy (non-hydrogen) atoms. The molecule has 0 heterocycles. The molecule has 0 aliphatic rings. The molecule has 96 valence electrons. The maximum absolute atomic E-state index is 13.4. The van der Waals surface area contributed by atoms with E-state index in [1.807, 2.05) is 6.92 Å². The Hall–Kier alpha value is -0.610. The van der Waals surface area contributed by atoms with Crippen LogP contribution in [-0.4, -0.2) is 24.6 Å². The van der Waals surface area contributed by atoms with Gasteiger partial charge in [0.15, 0.2) is 0 Å². The van der Waals surface area contributed by atoms with Crippen LogP contribution in [0.25, 0.3) is 0 Å². The monoisotopic (exact) mass is 259 g/mol. The highest BCUT2D eigenvalue weighted by atomic mass is 32.2. The third kappa shape index (κ3) is 5.04. The first kappa shape index (κ1) is 14.5. The fourth-order valence-corrected chi connectivity index (χ4v) is 2.10. The topological polar surface area (TPSA) is 12.0 Å². The minimum atomic E-state index is -0.456.